The van der Waals surface area contributed by atoms with Crippen LogP contribution in [0.3, 0.4) is 0 Å². The number of unbranched alkanes of at least 4 members (excludes halogenated alkanes) is 3. The molecule has 1 atom stereocenters. The topological polar surface area (TPSA) is 160 Å². The van der Waals surface area contributed by atoms with Crippen LogP contribution in [-0.2, 0) is 36.0 Å². The van der Waals surface area contributed by atoms with Crippen LogP contribution in [0.15, 0.2) is 83.9 Å². The van der Waals surface area contributed by atoms with Crippen molar-refractivity contribution in [3.63, 3.8) is 0 Å². The lowest BCUT2D eigenvalue weighted by Gasteiger charge is -2.34. The zero-order chi connectivity index (χ0) is 38.7. The molecule has 1 unspecified atom stereocenters. The highest BCUT2D eigenvalue weighted by atomic mass is 16.3. The first-order chi connectivity index (χ1) is 26.7. The predicted octanol–water partition coefficient (Wildman–Crippen LogP) is 4.21. The fraction of sp³-hybridized carbons (Fsp3) is 0.390. The lowest BCUT2D eigenvalue weighted by atomic mass is 10.0. The Labute approximate surface area is 320 Å². The van der Waals surface area contributed by atoms with E-state index in [9.17, 15) is 24.3 Å². The number of anilines is 1. The molecule has 1 aliphatic rings. The molecule has 5 aromatic rings. The number of carbonyl (C=O) groups is 3. The summed E-state index contributed by atoms with van der Waals surface area (Å²) in [5, 5.41) is 21.3. The number of aryl methyl sites for hydroxylation is 3. The van der Waals surface area contributed by atoms with Gasteiger partial charge in [0.05, 0.1) is 34.5 Å². The maximum Gasteiger partial charge on any atom is 0.329 e. The van der Waals surface area contributed by atoms with Crippen molar-refractivity contribution in [2.24, 2.45) is 7.05 Å². The van der Waals surface area contributed by atoms with E-state index in [4.69, 9.17) is 4.98 Å². The van der Waals surface area contributed by atoms with Gasteiger partial charge in [-0.15, -0.1) is 5.10 Å². The second-order valence-corrected chi connectivity index (χ2v) is 13.9. The van der Waals surface area contributed by atoms with E-state index in [0.717, 1.165) is 99.3 Å². The van der Waals surface area contributed by atoms with Gasteiger partial charge >= 0.3 is 5.69 Å². The molecule has 0 bridgehead atoms. The molecule has 0 spiro atoms. The van der Waals surface area contributed by atoms with E-state index >= 15 is 0 Å². The van der Waals surface area contributed by atoms with Crippen LogP contribution >= 0.6 is 0 Å². The number of hydrogen-bond donors (Lipinski definition) is 2. The van der Waals surface area contributed by atoms with Crippen molar-refractivity contribution in [1.29, 1.82) is 0 Å². The molecule has 3 aromatic heterocycles. The number of nitrogens with one attached hydrogen (secondary N) is 1. The summed E-state index contributed by atoms with van der Waals surface area (Å²) in [4.78, 5) is 58.5. The number of phenolic OH excluding ortho intramolecular Hbond substituents is 1. The number of allylic oxidation sites excluding steroid dienone is 1. The first kappa shape index (κ1) is 38.7. The van der Waals surface area contributed by atoms with E-state index in [2.05, 4.69) is 25.4 Å². The number of nitrogens with zero attached hydrogens (tertiary/aromatic N) is 8. The standard InChI is InChI=1S/C41H49N9O5/c1-42-40(54)35(15-10-26-51)50-34-19-18-30(27-36(34)46(2)41(50)55)11-5-3-4-6-12-32-29-49(45-44-32)28-31-13-9-17-39(43-31)48-24-22-47(23-25-48)21-20-38(53)33-14-7-8-16-37(33)52/h7-9,13-14,16-21,26-27,29,35,52H,3-6,10-12,15,22-25,28H2,1-2H3,(H,42,54)/b21-20+. The average Bonchev–Trinajstić information content (AvgIpc) is 3.75. The van der Waals surface area contributed by atoms with Crippen molar-refractivity contribution in [3.8, 4) is 5.75 Å². The normalized spacial score (nSPS) is 13.8. The largest absolute Gasteiger partial charge is 0.507 e. The maximum absolute atomic E-state index is 13.1. The number of benzene rings is 2. The van der Waals surface area contributed by atoms with E-state index in [-0.39, 0.29) is 36.0 Å². The Hall–Kier alpha value is -6.05. The van der Waals surface area contributed by atoms with Gasteiger partial charge in [0.15, 0.2) is 5.78 Å². The van der Waals surface area contributed by atoms with E-state index in [1.807, 2.05) is 47.3 Å². The van der Waals surface area contributed by atoms with Crippen molar-refractivity contribution in [2.75, 3.05) is 38.1 Å². The Morgan fingerprint density at radius 3 is 2.47 bits per heavy atom. The van der Waals surface area contributed by atoms with Crippen molar-refractivity contribution in [1.82, 2.24) is 39.3 Å². The van der Waals surface area contributed by atoms with Gasteiger partial charge in [0.1, 0.15) is 23.9 Å². The Morgan fingerprint density at radius 2 is 1.71 bits per heavy atom. The quantitative estimate of drug-likeness (QED) is 0.0576. The summed E-state index contributed by atoms with van der Waals surface area (Å²) >= 11 is 0. The minimum absolute atomic E-state index is 0.0143. The number of pyridine rings is 1. The maximum atomic E-state index is 13.1. The Balaban J connectivity index is 0.929. The second-order valence-electron chi connectivity index (χ2n) is 13.9. The number of aldehydes is 1. The van der Waals surface area contributed by atoms with Crippen LogP contribution in [0.4, 0.5) is 5.82 Å². The average molecular weight is 748 g/mol. The molecule has 14 nitrogen and oxygen atoms in total. The van der Waals surface area contributed by atoms with E-state index in [0.29, 0.717) is 17.6 Å². The molecule has 1 amide bonds. The number of piperazine rings is 1. The minimum atomic E-state index is -0.742. The molecular weight excluding hydrogens is 699 g/mol. The molecule has 1 fully saturated rings. The molecule has 288 valence electrons. The van der Waals surface area contributed by atoms with Crippen LogP contribution in [0.2, 0.25) is 0 Å². The van der Waals surface area contributed by atoms with Crippen LogP contribution in [0, 0.1) is 0 Å². The van der Waals surface area contributed by atoms with Crippen molar-refractivity contribution in [3.05, 3.63) is 112 Å². The summed E-state index contributed by atoms with van der Waals surface area (Å²) in [6.07, 6.45) is 12.4. The van der Waals surface area contributed by atoms with Gasteiger partial charge in [-0.25, -0.2) is 14.5 Å². The highest BCUT2D eigenvalue weighted by Gasteiger charge is 2.25. The van der Waals surface area contributed by atoms with Gasteiger partial charge in [-0.2, -0.15) is 0 Å². The third kappa shape index (κ3) is 9.55. The van der Waals surface area contributed by atoms with Gasteiger partial charge in [-0.1, -0.05) is 42.3 Å². The Kier molecular flexibility index (Phi) is 12.9. The molecule has 0 aliphatic carbocycles. The third-order valence-corrected chi connectivity index (χ3v) is 10.2. The summed E-state index contributed by atoms with van der Waals surface area (Å²) in [6.45, 7) is 3.58. The van der Waals surface area contributed by atoms with Crippen molar-refractivity contribution in [2.45, 2.75) is 64.0 Å². The first-order valence-corrected chi connectivity index (χ1v) is 18.9. The fourth-order valence-corrected chi connectivity index (χ4v) is 7.10. The third-order valence-electron chi connectivity index (χ3n) is 10.2. The first-order valence-electron chi connectivity index (χ1n) is 18.9. The van der Waals surface area contributed by atoms with Crippen LogP contribution in [0.1, 0.15) is 71.9 Å². The van der Waals surface area contributed by atoms with Gasteiger partial charge in [-0.3, -0.25) is 18.7 Å². The molecule has 1 saturated heterocycles. The number of fused-ring (bicyclic) bond motifs is 1. The Bertz CT molecular complexity index is 2200. The smallest absolute Gasteiger partial charge is 0.329 e. The van der Waals surface area contributed by atoms with E-state index < -0.39 is 6.04 Å². The lowest BCUT2D eigenvalue weighted by molar-refractivity contribution is -0.124. The van der Waals surface area contributed by atoms with Gasteiger partial charge < -0.3 is 25.0 Å². The highest BCUT2D eigenvalue weighted by molar-refractivity contribution is 6.06. The fourth-order valence-electron chi connectivity index (χ4n) is 7.10. The molecule has 2 aromatic carbocycles. The number of ketones is 1. The van der Waals surface area contributed by atoms with E-state index in [1.165, 1.54) is 23.8 Å². The molecule has 6 rings (SSSR count). The predicted molar refractivity (Wildman–Crippen MR) is 210 cm³/mol. The van der Waals surface area contributed by atoms with Crippen molar-refractivity contribution >= 4 is 34.8 Å². The van der Waals surface area contributed by atoms with Crippen LogP contribution in [0.25, 0.3) is 11.0 Å². The number of likely N-dealkylation sites (N-methyl/N-ethyl adjacent to an activating group) is 1. The number of carbonyl (C=O) groups excluding carboxylic acids is 3. The van der Waals surface area contributed by atoms with Gasteiger partial charge in [0.25, 0.3) is 0 Å². The van der Waals surface area contributed by atoms with Gasteiger partial charge in [0.2, 0.25) is 5.91 Å². The number of aromatic hydroxyl groups is 1. The molecule has 55 heavy (non-hydrogen) atoms. The molecular formula is C41H49N9O5. The Morgan fingerprint density at radius 1 is 0.927 bits per heavy atom. The minimum Gasteiger partial charge on any atom is -0.507 e. The number of imidazole rings is 1. The summed E-state index contributed by atoms with van der Waals surface area (Å²) in [6, 6.07) is 17.8. The zero-order valence-corrected chi connectivity index (χ0v) is 31.5. The number of para-hydroxylation sites is 1. The number of hydrogen-bond acceptors (Lipinski definition) is 10. The molecule has 4 heterocycles. The summed E-state index contributed by atoms with van der Waals surface area (Å²) in [5.74, 6) is 0.387. The highest BCUT2D eigenvalue weighted by Crippen LogP contribution is 2.23. The molecule has 0 radical (unpaired) electrons. The summed E-state index contributed by atoms with van der Waals surface area (Å²) in [5.41, 5.74) is 4.49. The SMILES string of the molecule is CNC(=O)C(CCC=O)n1c(=O)n(C)c2cc(CCCCCCc3cn(Cc4cccc(N5CCN(/C=C/C(=O)c6ccccc6O)CC5)n4)nn3)ccc21. The zero-order valence-electron chi connectivity index (χ0n) is 31.5. The number of rotatable bonds is 18. The number of phenols is 1. The second kappa shape index (κ2) is 18.3. The monoisotopic (exact) mass is 747 g/mol. The molecule has 14 heteroatoms. The van der Waals surface area contributed by atoms with Crippen LogP contribution in [-0.4, -0.2) is 90.3 Å². The van der Waals surface area contributed by atoms with Gasteiger partial charge in [0, 0.05) is 65.2 Å². The molecule has 2 N–H and O–H groups in total. The van der Waals surface area contributed by atoms with Gasteiger partial charge in [-0.05, 0) is 74.1 Å². The lowest BCUT2D eigenvalue weighted by Crippen LogP contribution is -2.44. The number of amides is 1. The van der Waals surface area contributed by atoms with E-state index in [1.54, 1.807) is 36.0 Å². The number of aromatic nitrogens is 6. The summed E-state index contributed by atoms with van der Waals surface area (Å²) in [7, 11) is 3.25. The molecule has 1 aliphatic heterocycles. The summed E-state index contributed by atoms with van der Waals surface area (Å²) < 4.78 is 4.91. The van der Waals surface area contributed by atoms with Crippen molar-refractivity contribution < 1.29 is 19.5 Å². The molecule has 0 saturated carbocycles. The van der Waals surface area contributed by atoms with Crippen LogP contribution in [0.5, 0.6) is 5.75 Å². The van der Waals surface area contributed by atoms with Crippen LogP contribution < -0.4 is 15.9 Å².